The Morgan fingerprint density at radius 3 is 2.71 bits per heavy atom. The molecule has 72 valence electrons. The summed E-state index contributed by atoms with van der Waals surface area (Å²) in [6.07, 6.45) is 1.63. The van der Waals surface area contributed by atoms with Crippen LogP contribution >= 0.6 is 0 Å². The SMILES string of the molecule is Cc1cc(-c2ccnc(N)n2)nn1C. The summed E-state index contributed by atoms with van der Waals surface area (Å²) in [4.78, 5) is 7.92. The molecule has 0 radical (unpaired) electrons. The summed E-state index contributed by atoms with van der Waals surface area (Å²) in [5.74, 6) is 0.269. The summed E-state index contributed by atoms with van der Waals surface area (Å²) < 4.78 is 1.80. The van der Waals surface area contributed by atoms with Gasteiger partial charge in [-0.05, 0) is 19.1 Å². The zero-order valence-electron chi connectivity index (χ0n) is 8.10. The third-order valence-electron chi connectivity index (χ3n) is 2.05. The van der Waals surface area contributed by atoms with E-state index in [2.05, 4.69) is 15.1 Å². The fraction of sp³-hybridized carbons (Fsp3) is 0.222. The second-order valence-electron chi connectivity index (χ2n) is 3.09. The Kier molecular flexibility index (Phi) is 1.92. The monoisotopic (exact) mass is 189 g/mol. The molecule has 0 atom stereocenters. The van der Waals surface area contributed by atoms with Crippen LogP contribution in [0.1, 0.15) is 5.69 Å². The van der Waals surface area contributed by atoms with Crippen LogP contribution in [0.4, 0.5) is 5.95 Å². The Bertz CT molecular complexity index is 440. The summed E-state index contributed by atoms with van der Waals surface area (Å²) in [6.45, 7) is 1.99. The molecule has 0 aromatic carbocycles. The van der Waals surface area contributed by atoms with Crippen molar-refractivity contribution >= 4 is 5.95 Å². The first-order valence-corrected chi connectivity index (χ1v) is 4.26. The Morgan fingerprint density at radius 1 is 1.36 bits per heavy atom. The number of rotatable bonds is 1. The zero-order chi connectivity index (χ0) is 10.1. The summed E-state index contributed by atoms with van der Waals surface area (Å²) in [5, 5.41) is 4.29. The number of hydrogen-bond donors (Lipinski definition) is 1. The highest BCUT2D eigenvalue weighted by Crippen LogP contribution is 2.15. The van der Waals surface area contributed by atoms with Crippen molar-refractivity contribution in [1.82, 2.24) is 19.7 Å². The molecule has 2 heterocycles. The molecule has 2 rings (SSSR count). The lowest BCUT2D eigenvalue weighted by atomic mass is 10.3. The predicted octanol–water partition coefficient (Wildman–Crippen LogP) is 0.768. The van der Waals surface area contributed by atoms with Crippen molar-refractivity contribution in [3.8, 4) is 11.4 Å². The first-order chi connectivity index (χ1) is 6.66. The van der Waals surface area contributed by atoms with Crippen LogP contribution in [0.5, 0.6) is 0 Å². The molecule has 0 spiro atoms. The van der Waals surface area contributed by atoms with Gasteiger partial charge in [-0.25, -0.2) is 9.97 Å². The summed E-state index contributed by atoms with van der Waals surface area (Å²) in [5.41, 5.74) is 8.13. The fourth-order valence-electron chi connectivity index (χ4n) is 1.20. The van der Waals surface area contributed by atoms with Crippen LogP contribution in [-0.2, 0) is 7.05 Å². The molecule has 0 bridgehead atoms. The standard InChI is InChI=1S/C9H11N5/c1-6-5-8(13-14(6)2)7-3-4-11-9(10)12-7/h3-5H,1-2H3,(H2,10,11,12). The van der Waals surface area contributed by atoms with Crippen LogP contribution in [0.3, 0.4) is 0 Å². The second-order valence-corrected chi connectivity index (χ2v) is 3.09. The summed E-state index contributed by atoms with van der Waals surface area (Å²) in [6, 6.07) is 3.75. The normalized spacial score (nSPS) is 10.4. The van der Waals surface area contributed by atoms with Gasteiger partial charge < -0.3 is 5.73 Å². The van der Waals surface area contributed by atoms with Crippen LogP contribution in [0.25, 0.3) is 11.4 Å². The topological polar surface area (TPSA) is 69.6 Å². The number of nitrogens with two attached hydrogens (primary N) is 1. The van der Waals surface area contributed by atoms with Crippen molar-refractivity contribution in [2.24, 2.45) is 7.05 Å². The lowest BCUT2D eigenvalue weighted by Crippen LogP contribution is -1.96. The first kappa shape index (κ1) is 8.68. The Labute approximate surface area is 81.6 Å². The van der Waals surface area contributed by atoms with Crippen molar-refractivity contribution < 1.29 is 0 Å². The van der Waals surface area contributed by atoms with Gasteiger partial charge in [-0.15, -0.1) is 0 Å². The molecule has 5 nitrogen and oxygen atoms in total. The van der Waals surface area contributed by atoms with E-state index in [1.807, 2.05) is 20.0 Å². The molecule has 0 aliphatic rings. The van der Waals surface area contributed by atoms with Gasteiger partial charge in [0.1, 0.15) is 5.69 Å². The molecule has 0 saturated carbocycles. The summed E-state index contributed by atoms with van der Waals surface area (Å²) >= 11 is 0. The van der Waals surface area contributed by atoms with Crippen LogP contribution in [0, 0.1) is 6.92 Å². The fourth-order valence-corrected chi connectivity index (χ4v) is 1.20. The van der Waals surface area contributed by atoms with Gasteiger partial charge in [0.15, 0.2) is 0 Å². The molecule has 2 aromatic rings. The van der Waals surface area contributed by atoms with Crippen molar-refractivity contribution in [3.05, 3.63) is 24.0 Å². The molecule has 5 heteroatoms. The maximum atomic E-state index is 5.48. The van der Waals surface area contributed by atoms with Gasteiger partial charge in [-0.3, -0.25) is 4.68 Å². The van der Waals surface area contributed by atoms with E-state index in [-0.39, 0.29) is 5.95 Å². The van der Waals surface area contributed by atoms with Gasteiger partial charge in [0, 0.05) is 18.9 Å². The molecular formula is C9H11N5. The van der Waals surface area contributed by atoms with E-state index in [9.17, 15) is 0 Å². The first-order valence-electron chi connectivity index (χ1n) is 4.26. The van der Waals surface area contributed by atoms with Crippen LogP contribution in [0.2, 0.25) is 0 Å². The van der Waals surface area contributed by atoms with Gasteiger partial charge in [0.05, 0.1) is 5.69 Å². The van der Waals surface area contributed by atoms with Crippen LogP contribution in [-0.4, -0.2) is 19.7 Å². The van der Waals surface area contributed by atoms with Crippen molar-refractivity contribution in [2.75, 3.05) is 5.73 Å². The number of nitrogens with zero attached hydrogens (tertiary/aromatic N) is 4. The predicted molar refractivity (Wildman–Crippen MR) is 53.4 cm³/mol. The lowest BCUT2D eigenvalue weighted by molar-refractivity contribution is 0.742. The molecule has 0 aliphatic heterocycles. The average molecular weight is 189 g/mol. The quantitative estimate of drug-likeness (QED) is 0.719. The van der Waals surface area contributed by atoms with Gasteiger partial charge in [0.2, 0.25) is 5.95 Å². The number of aromatic nitrogens is 4. The Morgan fingerprint density at radius 2 is 2.14 bits per heavy atom. The minimum Gasteiger partial charge on any atom is -0.368 e. The highest BCUT2D eigenvalue weighted by atomic mass is 15.3. The molecule has 14 heavy (non-hydrogen) atoms. The maximum absolute atomic E-state index is 5.48. The Hall–Kier alpha value is -1.91. The van der Waals surface area contributed by atoms with E-state index in [0.29, 0.717) is 0 Å². The minimum atomic E-state index is 0.269. The third kappa shape index (κ3) is 1.44. The van der Waals surface area contributed by atoms with Crippen LogP contribution in [0.15, 0.2) is 18.3 Å². The van der Waals surface area contributed by atoms with Gasteiger partial charge in [0.25, 0.3) is 0 Å². The molecule has 0 fully saturated rings. The van der Waals surface area contributed by atoms with E-state index in [0.717, 1.165) is 17.1 Å². The smallest absolute Gasteiger partial charge is 0.220 e. The average Bonchev–Trinajstić information content (AvgIpc) is 2.47. The molecular weight excluding hydrogens is 178 g/mol. The maximum Gasteiger partial charge on any atom is 0.220 e. The third-order valence-corrected chi connectivity index (χ3v) is 2.05. The molecule has 2 N–H and O–H groups in total. The number of aryl methyl sites for hydroxylation is 2. The number of nitrogen functional groups attached to an aromatic ring is 1. The van der Waals surface area contributed by atoms with Crippen LogP contribution < -0.4 is 5.73 Å². The second kappa shape index (κ2) is 3.10. The van der Waals surface area contributed by atoms with E-state index < -0.39 is 0 Å². The largest absolute Gasteiger partial charge is 0.368 e. The van der Waals surface area contributed by atoms with Crippen molar-refractivity contribution in [2.45, 2.75) is 6.92 Å². The van der Waals surface area contributed by atoms with Gasteiger partial charge in [-0.1, -0.05) is 0 Å². The molecule has 0 saturated heterocycles. The van der Waals surface area contributed by atoms with Gasteiger partial charge in [-0.2, -0.15) is 5.10 Å². The van der Waals surface area contributed by atoms with E-state index in [1.165, 1.54) is 0 Å². The van der Waals surface area contributed by atoms with E-state index in [4.69, 9.17) is 5.73 Å². The van der Waals surface area contributed by atoms with Gasteiger partial charge >= 0.3 is 0 Å². The van der Waals surface area contributed by atoms with Crippen molar-refractivity contribution in [1.29, 1.82) is 0 Å². The van der Waals surface area contributed by atoms with E-state index in [1.54, 1.807) is 16.9 Å². The highest BCUT2D eigenvalue weighted by molar-refractivity contribution is 5.55. The highest BCUT2D eigenvalue weighted by Gasteiger charge is 2.05. The molecule has 0 aliphatic carbocycles. The lowest BCUT2D eigenvalue weighted by Gasteiger charge is -1.95. The van der Waals surface area contributed by atoms with E-state index >= 15 is 0 Å². The Balaban J connectivity index is 2.49. The summed E-state index contributed by atoms with van der Waals surface area (Å²) in [7, 11) is 1.89. The van der Waals surface area contributed by atoms with Crippen molar-refractivity contribution in [3.63, 3.8) is 0 Å². The number of anilines is 1. The molecule has 0 amide bonds. The zero-order valence-corrected chi connectivity index (χ0v) is 8.10. The molecule has 0 unspecified atom stereocenters. The molecule has 2 aromatic heterocycles. The number of hydrogen-bond acceptors (Lipinski definition) is 4. The minimum absolute atomic E-state index is 0.269.